The molecule has 1 heterocycles. The lowest BCUT2D eigenvalue weighted by Gasteiger charge is -2.09. The average molecular weight is 390 g/mol. The Morgan fingerprint density at radius 1 is 1.33 bits per heavy atom. The third kappa shape index (κ3) is 3.45. The molecule has 0 amide bonds. The summed E-state index contributed by atoms with van der Waals surface area (Å²) in [7, 11) is -2.64. The molecule has 0 fully saturated rings. The van der Waals surface area contributed by atoms with Crippen LogP contribution >= 0.6 is 27.3 Å². The van der Waals surface area contributed by atoms with Crippen molar-refractivity contribution in [2.75, 3.05) is 11.8 Å². The molecule has 0 aliphatic rings. The number of methoxy groups -OCH3 is 1. The van der Waals surface area contributed by atoms with Crippen LogP contribution in [0.15, 0.2) is 39.0 Å². The summed E-state index contributed by atoms with van der Waals surface area (Å²) in [6.07, 6.45) is 0. The fourth-order valence-corrected chi connectivity index (χ4v) is 4.38. The van der Waals surface area contributed by atoms with Crippen LogP contribution in [0, 0.1) is 6.92 Å². The largest absolute Gasteiger partial charge is 0.465 e. The molecule has 5 nitrogen and oxygen atoms in total. The van der Waals surface area contributed by atoms with E-state index in [2.05, 4.69) is 25.4 Å². The third-order valence-electron chi connectivity index (χ3n) is 2.71. The second kappa shape index (κ2) is 6.17. The van der Waals surface area contributed by atoms with E-state index in [1.165, 1.54) is 18.6 Å². The van der Waals surface area contributed by atoms with Crippen molar-refractivity contribution in [2.24, 2.45) is 0 Å². The Hall–Kier alpha value is -1.38. The molecule has 1 aromatic carbocycles. The van der Waals surface area contributed by atoms with Crippen LogP contribution in [0.25, 0.3) is 0 Å². The van der Waals surface area contributed by atoms with Crippen molar-refractivity contribution in [3.63, 3.8) is 0 Å². The molecule has 112 valence electrons. The number of aryl methyl sites for hydroxylation is 1. The molecule has 0 radical (unpaired) electrons. The van der Waals surface area contributed by atoms with Gasteiger partial charge in [0.2, 0.25) is 0 Å². The van der Waals surface area contributed by atoms with E-state index in [1.54, 1.807) is 18.2 Å². The van der Waals surface area contributed by atoms with E-state index in [0.717, 1.165) is 21.4 Å². The maximum absolute atomic E-state index is 12.4. The second-order valence-electron chi connectivity index (χ2n) is 4.18. The lowest BCUT2D eigenvalue weighted by atomic mass is 10.2. The highest BCUT2D eigenvalue weighted by molar-refractivity contribution is 9.10. The standard InChI is InChI=1S/C13H12BrNO4S2/c1-8-3-4-9(7-10(8)14)15-21(17,18)11-5-6-20-12(11)13(16)19-2/h3-7,15H,1-2H3. The fraction of sp³-hybridized carbons (Fsp3) is 0.154. The molecule has 0 aliphatic carbocycles. The van der Waals surface area contributed by atoms with E-state index in [9.17, 15) is 13.2 Å². The minimum Gasteiger partial charge on any atom is -0.465 e. The van der Waals surface area contributed by atoms with E-state index in [4.69, 9.17) is 0 Å². The van der Waals surface area contributed by atoms with Crippen LogP contribution in [0.4, 0.5) is 5.69 Å². The van der Waals surface area contributed by atoms with Gasteiger partial charge in [0.25, 0.3) is 10.0 Å². The summed E-state index contributed by atoms with van der Waals surface area (Å²) in [5, 5.41) is 1.53. The number of carbonyl (C=O) groups is 1. The molecular weight excluding hydrogens is 378 g/mol. The predicted octanol–water partition coefficient (Wildman–Crippen LogP) is 3.41. The van der Waals surface area contributed by atoms with E-state index >= 15 is 0 Å². The van der Waals surface area contributed by atoms with E-state index in [0.29, 0.717) is 5.69 Å². The molecule has 2 aromatic rings. The number of esters is 1. The van der Waals surface area contributed by atoms with Gasteiger partial charge in [0.15, 0.2) is 0 Å². The van der Waals surface area contributed by atoms with Crippen molar-refractivity contribution in [2.45, 2.75) is 11.8 Å². The maximum atomic E-state index is 12.4. The van der Waals surface area contributed by atoms with E-state index < -0.39 is 16.0 Å². The topological polar surface area (TPSA) is 72.5 Å². The molecule has 0 aliphatic heterocycles. The summed E-state index contributed by atoms with van der Waals surface area (Å²) in [5.74, 6) is -0.671. The minimum absolute atomic E-state index is 0.0520. The predicted molar refractivity (Wildman–Crippen MR) is 85.3 cm³/mol. The van der Waals surface area contributed by atoms with Gasteiger partial charge >= 0.3 is 5.97 Å². The molecule has 0 unspecified atom stereocenters. The van der Waals surface area contributed by atoms with Crippen molar-refractivity contribution in [1.29, 1.82) is 0 Å². The Morgan fingerprint density at radius 3 is 2.67 bits per heavy atom. The highest BCUT2D eigenvalue weighted by Gasteiger charge is 2.24. The SMILES string of the molecule is COC(=O)c1sccc1S(=O)(=O)Nc1ccc(C)c(Br)c1. The van der Waals surface area contributed by atoms with Gasteiger partial charge in [-0.2, -0.15) is 0 Å². The van der Waals surface area contributed by atoms with Gasteiger partial charge in [0.1, 0.15) is 9.77 Å². The Morgan fingerprint density at radius 2 is 2.05 bits per heavy atom. The van der Waals surface area contributed by atoms with E-state index in [-0.39, 0.29) is 9.77 Å². The summed E-state index contributed by atoms with van der Waals surface area (Å²) in [5.41, 5.74) is 1.40. The van der Waals surface area contributed by atoms with Crippen molar-refractivity contribution in [1.82, 2.24) is 0 Å². The lowest BCUT2D eigenvalue weighted by Crippen LogP contribution is -2.15. The Labute approximate surface area is 135 Å². The third-order valence-corrected chi connectivity index (χ3v) is 6.02. The van der Waals surface area contributed by atoms with Gasteiger partial charge in [0, 0.05) is 10.2 Å². The number of nitrogens with one attached hydrogen (secondary N) is 1. The Balaban J connectivity index is 2.37. The molecule has 2 rings (SSSR count). The summed E-state index contributed by atoms with van der Waals surface area (Å²) < 4.78 is 32.6. The number of carbonyl (C=O) groups excluding carboxylic acids is 1. The van der Waals surface area contributed by atoms with Crippen molar-refractivity contribution < 1.29 is 17.9 Å². The zero-order valence-electron chi connectivity index (χ0n) is 11.2. The van der Waals surface area contributed by atoms with Gasteiger partial charge in [-0.3, -0.25) is 4.72 Å². The van der Waals surface area contributed by atoms with Crippen LogP contribution in [0.3, 0.4) is 0 Å². The number of rotatable bonds is 4. The van der Waals surface area contributed by atoms with Gasteiger partial charge in [0.05, 0.1) is 7.11 Å². The average Bonchev–Trinajstić information content (AvgIpc) is 2.92. The molecule has 8 heteroatoms. The lowest BCUT2D eigenvalue weighted by molar-refractivity contribution is 0.0602. The summed E-state index contributed by atoms with van der Waals surface area (Å²) in [6, 6.07) is 6.48. The number of sulfonamides is 1. The van der Waals surface area contributed by atoms with Crippen LogP contribution < -0.4 is 4.72 Å². The molecule has 1 aromatic heterocycles. The highest BCUT2D eigenvalue weighted by Crippen LogP contribution is 2.27. The first-order valence-electron chi connectivity index (χ1n) is 5.80. The first-order chi connectivity index (χ1) is 9.85. The van der Waals surface area contributed by atoms with Crippen LogP contribution in [-0.4, -0.2) is 21.5 Å². The normalized spacial score (nSPS) is 11.2. The van der Waals surface area contributed by atoms with Gasteiger partial charge in [-0.25, -0.2) is 13.2 Å². The molecule has 0 saturated heterocycles. The number of hydrogen-bond acceptors (Lipinski definition) is 5. The number of anilines is 1. The van der Waals surface area contributed by atoms with Gasteiger partial charge < -0.3 is 4.74 Å². The molecule has 21 heavy (non-hydrogen) atoms. The number of hydrogen-bond donors (Lipinski definition) is 1. The van der Waals surface area contributed by atoms with Crippen LogP contribution in [0.5, 0.6) is 0 Å². The Bertz CT molecular complexity index is 783. The van der Waals surface area contributed by atoms with Crippen molar-refractivity contribution in [3.8, 4) is 0 Å². The van der Waals surface area contributed by atoms with Gasteiger partial charge in [-0.05, 0) is 36.1 Å². The van der Waals surface area contributed by atoms with Crippen LogP contribution in [0.2, 0.25) is 0 Å². The maximum Gasteiger partial charge on any atom is 0.349 e. The van der Waals surface area contributed by atoms with Gasteiger partial charge in [-0.1, -0.05) is 22.0 Å². The van der Waals surface area contributed by atoms with Crippen molar-refractivity contribution in [3.05, 3.63) is 44.6 Å². The minimum atomic E-state index is -3.85. The molecule has 0 saturated carbocycles. The smallest absolute Gasteiger partial charge is 0.349 e. The quantitative estimate of drug-likeness (QED) is 0.813. The van der Waals surface area contributed by atoms with Crippen LogP contribution in [0.1, 0.15) is 15.2 Å². The van der Waals surface area contributed by atoms with Crippen LogP contribution in [-0.2, 0) is 14.8 Å². The zero-order valence-corrected chi connectivity index (χ0v) is 14.4. The number of ether oxygens (including phenoxy) is 1. The second-order valence-corrected chi connectivity index (χ2v) is 7.60. The molecule has 0 bridgehead atoms. The first kappa shape index (κ1) is 16.0. The number of halogens is 1. The molecule has 1 N–H and O–H groups in total. The number of thiophene rings is 1. The Kier molecular flexibility index (Phi) is 4.70. The molecular formula is C13H12BrNO4S2. The fourth-order valence-electron chi connectivity index (χ4n) is 1.62. The molecule has 0 spiro atoms. The zero-order chi connectivity index (χ0) is 15.6. The van der Waals surface area contributed by atoms with Crippen molar-refractivity contribution >= 4 is 48.9 Å². The molecule has 0 atom stereocenters. The van der Waals surface area contributed by atoms with E-state index in [1.807, 2.05) is 6.92 Å². The highest BCUT2D eigenvalue weighted by atomic mass is 79.9. The first-order valence-corrected chi connectivity index (χ1v) is 8.95. The summed E-state index contributed by atoms with van der Waals surface area (Å²) >= 11 is 4.37. The van der Waals surface area contributed by atoms with Gasteiger partial charge in [-0.15, -0.1) is 11.3 Å². The monoisotopic (exact) mass is 389 g/mol. The number of benzene rings is 1. The summed E-state index contributed by atoms with van der Waals surface area (Å²) in [4.78, 5) is 11.5. The summed E-state index contributed by atoms with van der Waals surface area (Å²) in [6.45, 7) is 1.90.